The number of hydrazine groups is 1. The van der Waals surface area contributed by atoms with Gasteiger partial charge in [-0.2, -0.15) is 31.4 Å². The molecule has 80 heavy (non-hydrogen) atoms. The van der Waals surface area contributed by atoms with Gasteiger partial charge in [-0.1, -0.05) is 24.0 Å². The molecule has 4 heterocycles. The summed E-state index contributed by atoms with van der Waals surface area (Å²) in [5.74, 6) is 0.706. The van der Waals surface area contributed by atoms with Gasteiger partial charge in [0.1, 0.15) is 35.5 Å². The number of amides is 4. The highest BCUT2D eigenvalue weighted by molar-refractivity contribution is 5.87. The van der Waals surface area contributed by atoms with Crippen molar-refractivity contribution < 1.29 is 82.4 Å². The lowest BCUT2D eigenvalue weighted by Gasteiger charge is -2.48. The summed E-state index contributed by atoms with van der Waals surface area (Å²) in [4.78, 5) is 61.9. The number of likely N-dealkylation sites (N-methyl/N-ethyl adjacent to an activating group) is 1. The standard InChI is InChI=1S/C52H60F10N10O8/c1-49(2,51(57,58)59)43(66-48(77)78-7)45(74)65-39(18-30-11-8-29(9-12-30)10-13-31-14-15-42(64-21-31)70-22-33-27-79-28-34(23-70)69(33)6)40(73)25-72(68-46(75)44(80-47(76)63-5)50(3,4)52(60,61)62)24-35-36(53)19-32(20-37(35)54)38-16-17-71(67-38)26-41(55)56/h8-9,11-12,14-17,19-21,33-34,39-41,43-44,73H,18,22-28H2,1-7H3,(H,63,76)(H,65,74)(H,66,77)(H,68,75)/t33-,34-,39-,40-,43+,44+/m0/s1. The molecule has 2 aromatic carbocycles. The predicted molar refractivity (Wildman–Crippen MR) is 267 cm³/mol. The van der Waals surface area contributed by atoms with Crippen LogP contribution in [0.2, 0.25) is 0 Å². The molecule has 6 rings (SSSR count). The van der Waals surface area contributed by atoms with E-state index in [9.17, 15) is 59.4 Å². The Hall–Kier alpha value is -7.22. The molecule has 18 nitrogen and oxygen atoms in total. The van der Waals surface area contributed by atoms with E-state index in [-0.39, 0.29) is 28.9 Å². The number of anilines is 1. The van der Waals surface area contributed by atoms with Crippen molar-refractivity contribution in [1.29, 1.82) is 0 Å². The topological polar surface area (TPSA) is 205 Å². The van der Waals surface area contributed by atoms with Crippen molar-refractivity contribution in [3.63, 3.8) is 0 Å². The lowest BCUT2D eigenvalue weighted by atomic mass is 9.82. The van der Waals surface area contributed by atoms with Crippen molar-refractivity contribution in [2.45, 2.75) is 102 Å². The Morgan fingerprint density at radius 1 is 0.850 bits per heavy atom. The number of morpholine rings is 1. The van der Waals surface area contributed by atoms with E-state index < -0.39 is 121 Å². The number of alkyl carbamates (subject to hydrolysis) is 2. The molecule has 2 aromatic heterocycles. The van der Waals surface area contributed by atoms with E-state index in [0.29, 0.717) is 57.0 Å². The van der Waals surface area contributed by atoms with Gasteiger partial charge in [0.05, 0.1) is 55.7 Å². The minimum absolute atomic E-state index is 0.159. The van der Waals surface area contributed by atoms with Gasteiger partial charge in [-0.25, -0.2) is 37.1 Å². The number of methoxy groups -OCH3 is 1. The van der Waals surface area contributed by atoms with E-state index in [1.54, 1.807) is 12.3 Å². The maximum atomic E-state index is 16.1. The Morgan fingerprint density at radius 2 is 1.45 bits per heavy atom. The summed E-state index contributed by atoms with van der Waals surface area (Å²) in [7, 11) is 3.86. The van der Waals surface area contributed by atoms with Crippen LogP contribution in [0.1, 0.15) is 49.9 Å². The number of fused-ring (bicyclic) bond motifs is 2. The van der Waals surface area contributed by atoms with Crippen molar-refractivity contribution in [1.82, 2.24) is 46.0 Å². The Morgan fingerprint density at radius 3 is 2.00 bits per heavy atom. The number of carbonyl (C=O) groups is 4. The molecule has 0 saturated carbocycles. The minimum Gasteiger partial charge on any atom is -0.453 e. The summed E-state index contributed by atoms with van der Waals surface area (Å²) in [6, 6.07) is 8.52. The van der Waals surface area contributed by atoms with Crippen LogP contribution in [0.15, 0.2) is 67.0 Å². The third-order valence-electron chi connectivity index (χ3n) is 13.9. The van der Waals surface area contributed by atoms with Crippen molar-refractivity contribution in [2.75, 3.05) is 59.0 Å². The fourth-order valence-corrected chi connectivity index (χ4v) is 8.65. The van der Waals surface area contributed by atoms with E-state index in [2.05, 4.69) is 48.8 Å². The van der Waals surface area contributed by atoms with Crippen molar-refractivity contribution >= 4 is 29.8 Å². The fourth-order valence-electron chi connectivity index (χ4n) is 8.65. The SMILES string of the molecule is CNC(=O)O[C@H](C(=O)NN(Cc1c(F)cc(-c2ccn(CC(F)F)n2)cc1F)C[C@H](O)[C@H](Cc1ccc(C#Cc2ccc(N3C[C@H]4COC[C@H](C3)N4C)nc2)cc1)NC(=O)[C@@H](NC(=O)OC)C(C)(C)C(F)(F)F)C(C)(C)C(F)(F)F. The minimum atomic E-state index is -5.26. The van der Waals surface area contributed by atoms with Gasteiger partial charge in [0, 0.05) is 67.9 Å². The number of piperazine rings is 1. The fraction of sp³-hybridized carbons (Fsp3) is 0.500. The Balaban J connectivity index is 1.34. The number of ether oxygens (including phenoxy) is 3. The van der Waals surface area contributed by atoms with Crippen LogP contribution in [0.5, 0.6) is 0 Å². The first-order valence-corrected chi connectivity index (χ1v) is 24.7. The molecule has 2 fully saturated rings. The smallest absolute Gasteiger partial charge is 0.407 e. The normalized spacial score (nSPS) is 17.6. The molecular formula is C52H60F10N10O8. The van der Waals surface area contributed by atoms with E-state index in [1.807, 2.05) is 22.1 Å². The molecule has 2 aliphatic rings. The van der Waals surface area contributed by atoms with Gasteiger partial charge in [0.2, 0.25) is 5.91 Å². The number of hydrogen-bond donors (Lipinski definition) is 5. The zero-order chi connectivity index (χ0) is 59.1. The number of nitrogens with zero attached hydrogens (tertiary/aromatic N) is 6. The molecule has 436 valence electrons. The number of nitrogens with one attached hydrogen (secondary N) is 4. The van der Waals surface area contributed by atoms with Gasteiger partial charge in [-0.15, -0.1) is 0 Å². The zero-order valence-electron chi connectivity index (χ0n) is 44.3. The van der Waals surface area contributed by atoms with Crippen LogP contribution in [0.25, 0.3) is 11.3 Å². The second kappa shape index (κ2) is 25.5. The summed E-state index contributed by atoms with van der Waals surface area (Å²) in [5.41, 5.74) is -4.27. The molecular weight excluding hydrogens is 1080 g/mol. The number of rotatable bonds is 19. The monoisotopic (exact) mass is 1140 g/mol. The van der Waals surface area contributed by atoms with Gasteiger partial charge in [0.15, 0.2) is 6.10 Å². The third kappa shape index (κ3) is 15.2. The van der Waals surface area contributed by atoms with Crippen molar-refractivity contribution in [3.05, 3.63) is 101 Å². The highest BCUT2D eigenvalue weighted by Gasteiger charge is 2.58. The molecule has 5 N–H and O–H groups in total. The molecule has 2 bridgehead atoms. The van der Waals surface area contributed by atoms with Crippen molar-refractivity contribution in [3.8, 4) is 23.1 Å². The van der Waals surface area contributed by atoms with Crippen molar-refractivity contribution in [2.24, 2.45) is 10.8 Å². The maximum Gasteiger partial charge on any atom is 0.407 e. The van der Waals surface area contributed by atoms with Gasteiger partial charge >= 0.3 is 24.5 Å². The first-order valence-electron chi connectivity index (χ1n) is 24.7. The summed E-state index contributed by atoms with van der Waals surface area (Å²) < 4.78 is 161. The number of benzene rings is 2. The number of halogens is 10. The number of aliphatic hydroxyl groups is 1. The van der Waals surface area contributed by atoms with Gasteiger partial charge in [-0.3, -0.25) is 24.6 Å². The average Bonchev–Trinajstić information content (AvgIpc) is 3.86. The molecule has 6 atom stereocenters. The third-order valence-corrected chi connectivity index (χ3v) is 13.9. The molecule has 0 unspecified atom stereocenters. The second-order valence-electron chi connectivity index (χ2n) is 20.3. The van der Waals surface area contributed by atoms with Crippen LogP contribution >= 0.6 is 0 Å². The van der Waals surface area contributed by atoms with E-state index in [1.165, 1.54) is 30.3 Å². The van der Waals surface area contributed by atoms with Crippen LogP contribution in [0.3, 0.4) is 0 Å². The van der Waals surface area contributed by atoms with Crippen LogP contribution in [0, 0.1) is 34.3 Å². The van der Waals surface area contributed by atoms with Crippen LogP contribution in [-0.2, 0) is 43.3 Å². The Kier molecular flexibility index (Phi) is 19.7. The van der Waals surface area contributed by atoms with Crippen LogP contribution in [0.4, 0.5) is 59.3 Å². The van der Waals surface area contributed by atoms with Crippen LogP contribution < -0.4 is 26.3 Å². The Labute approximate surface area is 453 Å². The molecule has 0 spiro atoms. The molecule has 2 aliphatic heterocycles. The molecule has 4 amide bonds. The molecule has 4 aromatic rings. The van der Waals surface area contributed by atoms with E-state index >= 15 is 8.78 Å². The number of hydrogen-bond acceptors (Lipinski definition) is 13. The largest absolute Gasteiger partial charge is 0.453 e. The lowest BCUT2D eigenvalue weighted by molar-refractivity contribution is -0.239. The summed E-state index contributed by atoms with van der Waals surface area (Å²) in [6.07, 6.45) is -18.9. The first kappa shape index (κ1) is 62.0. The Bertz CT molecular complexity index is 2840. The molecule has 28 heteroatoms. The highest BCUT2D eigenvalue weighted by atomic mass is 19.4. The summed E-state index contributed by atoms with van der Waals surface area (Å²) >= 11 is 0. The molecule has 0 radical (unpaired) electrons. The number of carbonyl (C=O) groups excluding carboxylic acids is 4. The lowest BCUT2D eigenvalue weighted by Crippen LogP contribution is -2.63. The molecule has 2 saturated heterocycles. The number of pyridine rings is 1. The van der Waals surface area contributed by atoms with E-state index in [0.717, 1.165) is 56.1 Å². The van der Waals surface area contributed by atoms with Gasteiger partial charge in [-0.05, 0) is 89.2 Å². The average molecular weight is 1140 g/mol. The second-order valence-corrected chi connectivity index (χ2v) is 20.3. The number of aliphatic hydroxyl groups excluding tert-OH is 1. The summed E-state index contributed by atoms with van der Waals surface area (Å²) in [5, 5.41) is 22.5. The van der Waals surface area contributed by atoms with E-state index in [4.69, 9.17) is 9.47 Å². The number of aromatic nitrogens is 3. The first-order chi connectivity index (χ1) is 37.4. The highest BCUT2D eigenvalue weighted by Crippen LogP contribution is 2.43. The van der Waals surface area contributed by atoms with Gasteiger partial charge < -0.3 is 40.2 Å². The van der Waals surface area contributed by atoms with Crippen LogP contribution in [-0.4, -0.2) is 163 Å². The quantitative estimate of drug-likeness (QED) is 0.0419. The zero-order valence-corrected chi connectivity index (χ0v) is 44.3. The maximum absolute atomic E-state index is 16.1. The molecule has 0 aliphatic carbocycles. The van der Waals surface area contributed by atoms with Gasteiger partial charge in [0.25, 0.3) is 12.3 Å². The summed E-state index contributed by atoms with van der Waals surface area (Å²) in [6.45, 7) is 1.75. The number of alkyl halides is 8. The predicted octanol–water partition coefficient (Wildman–Crippen LogP) is 5.96.